The van der Waals surface area contributed by atoms with Crippen molar-refractivity contribution in [2.75, 3.05) is 5.32 Å². The highest BCUT2D eigenvalue weighted by molar-refractivity contribution is 7.17. The van der Waals surface area contributed by atoms with Gasteiger partial charge in [-0.25, -0.2) is 4.98 Å². The fourth-order valence-electron chi connectivity index (χ4n) is 2.41. The molecule has 1 atom stereocenters. The maximum Gasteiger partial charge on any atom is 0.243 e. The van der Waals surface area contributed by atoms with Crippen LogP contribution in [0.15, 0.2) is 0 Å². The first-order valence-electron chi connectivity index (χ1n) is 6.92. The minimum atomic E-state index is -0.520. The SMILES string of the molecule is CCCC(N)C(=O)Nc1nc2c(s1)C(=O)CC(C)(C)C2. The minimum absolute atomic E-state index is 0.0575. The van der Waals surface area contributed by atoms with E-state index in [1.165, 1.54) is 11.3 Å². The summed E-state index contributed by atoms with van der Waals surface area (Å²) in [5, 5.41) is 3.21. The first kappa shape index (κ1) is 15.1. The zero-order valence-electron chi connectivity index (χ0n) is 12.2. The number of hydrogen-bond donors (Lipinski definition) is 2. The lowest BCUT2D eigenvalue weighted by Gasteiger charge is -2.26. The van der Waals surface area contributed by atoms with Crippen molar-refractivity contribution in [3.63, 3.8) is 0 Å². The standard InChI is InChI=1S/C14H21N3O2S/c1-4-5-8(15)12(19)17-13-16-9-6-14(2,3)7-10(18)11(9)20-13/h8H,4-7,15H2,1-3H3,(H,16,17,19). The van der Waals surface area contributed by atoms with Crippen molar-refractivity contribution in [1.29, 1.82) is 0 Å². The molecule has 0 aliphatic heterocycles. The second kappa shape index (κ2) is 5.61. The number of thiazole rings is 1. The van der Waals surface area contributed by atoms with Crippen LogP contribution >= 0.6 is 11.3 Å². The summed E-state index contributed by atoms with van der Waals surface area (Å²) in [5.41, 5.74) is 6.51. The highest BCUT2D eigenvalue weighted by Gasteiger charge is 2.34. The monoisotopic (exact) mass is 295 g/mol. The smallest absolute Gasteiger partial charge is 0.243 e. The lowest BCUT2D eigenvalue weighted by Crippen LogP contribution is -2.35. The second-order valence-corrected chi connectivity index (χ2v) is 7.12. The zero-order chi connectivity index (χ0) is 14.9. The Morgan fingerprint density at radius 3 is 2.85 bits per heavy atom. The van der Waals surface area contributed by atoms with Gasteiger partial charge in [-0.2, -0.15) is 0 Å². The molecule has 1 heterocycles. The summed E-state index contributed by atoms with van der Waals surface area (Å²) in [6, 6.07) is -0.520. The summed E-state index contributed by atoms with van der Waals surface area (Å²) in [6.45, 7) is 6.10. The first-order valence-corrected chi connectivity index (χ1v) is 7.73. The molecule has 5 nitrogen and oxygen atoms in total. The van der Waals surface area contributed by atoms with E-state index in [9.17, 15) is 9.59 Å². The molecule has 2 rings (SSSR count). The maximum atomic E-state index is 12.1. The van der Waals surface area contributed by atoms with E-state index in [-0.39, 0.29) is 17.1 Å². The molecular formula is C14H21N3O2S. The lowest BCUT2D eigenvalue weighted by molar-refractivity contribution is -0.117. The third kappa shape index (κ3) is 3.24. The van der Waals surface area contributed by atoms with Crippen molar-refractivity contribution < 1.29 is 9.59 Å². The lowest BCUT2D eigenvalue weighted by atomic mass is 9.78. The molecule has 1 aliphatic rings. The molecule has 110 valence electrons. The first-order chi connectivity index (χ1) is 9.32. The average molecular weight is 295 g/mol. The average Bonchev–Trinajstić information content (AvgIpc) is 2.70. The largest absolute Gasteiger partial charge is 0.320 e. The third-order valence-corrected chi connectivity index (χ3v) is 4.46. The van der Waals surface area contributed by atoms with Gasteiger partial charge in [-0.15, -0.1) is 0 Å². The third-order valence-electron chi connectivity index (χ3n) is 3.40. The van der Waals surface area contributed by atoms with Gasteiger partial charge in [0.25, 0.3) is 0 Å². The van der Waals surface area contributed by atoms with Crippen LogP contribution in [0.3, 0.4) is 0 Å². The molecule has 0 spiro atoms. The highest BCUT2D eigenvalue weighted by atomic mass is 32.1. The van der Waals surface area contributed by atoms with Gasteiger partial charge in [0.05, 0.1) is 16.6 Å². The van der Waals surface area contributed by atoms with Crippen molar-refractivity contribution in [1.82, 2.24) is 4.98 Å². The predicted octanol–water partition coefficient (Wildman–Crippen LogP) is 2.36. The number of nitrogens with one attached hydrogen (secondary N) is 1. The van der Waals surface area contributed by atoms with E-state index in [4.69, 9.17) is 5.73 Å². The van der Waals surface area contributed by atoms with Crippen LogP contribution in [0.25, 0.3) is 0 Å². The number of carbonyl (C=O) groups is 2. The molecule has 6 heteroatoms. The Labute approximate surface area is 123 Å². The molecule has 1 amide bonds. The molecule has 0 fully saturated rings. The van der Waals surface area contributed by atoms with Gasteiger partial charge in [-0.05, 0) is 18.3 Å². The van der Waals surface area contributed by atoms with Gasteiger partial charge in [-0.1, -0.05) is 38.5 Å². The van der Waals surface area contributed by atoms with E-state index in [2.05, 4.69) is 24.1 Å². The van der Waals surface area contributed by atoms with E-state index in [0.29, 0.717) is 22.9 Å². The fourth-order valence-corrected chi connectivity index (χ4v) is 3.34. The number of amides is 1. The van der Waals surface area contributed by atoms with Gasteiger partial charge in [0, 0.05) is 6.42 Å². The van der Waals surface area contributed by atoms with Crippen LogP contribution in [0.2, 0.25) is 0 Å². The number of hydrogen-bond acceptors (Lipinski definition) is 5. The van der Waals surface area contributed by atoms with Crippen LogP contribution in [0.5, 0.6) is 0 Å². The molecule has 1 aromatic heterocycles. The number of nitrogens with two attached hydrogens (primary N) is 1. The van der Waals surface area contributed by atoms with Gasteiger partial charge in [0.2, 0.25) is 5.91 Å². The van der Waals surface area contributed by atoms with Gasteiger partial charge in [0.1, 0.15) is 0 Å². The molecule has 1 aliphatic carbocycles. The Balaban J connectivity index is 2.13. The number of ketones is 1. The highest BCUT2D eigenvalue weighted by Crippen LogP contribution is 2.38. The quantitative estimate of drug-likeness (QED) is 0.893. The number of carbonyl (C=O) groups excluding carboxylic acids is 2. The number of aromatic nitrogens is 1. The molecule has 1 aromatic rings. The fraction of sp³-hybridized carbons (Fsp3) is 0.643. The van der Waals surface area contributed by atoms with E-state index < -0.39 is 6.04 Å². The second-order valence-electron chi connectivity index (χ2n) is 6.12. The van der Waals surface area contributed by atoms with E-state index >= 15 is 0 Å². The maximum absolute atomic E-state index is 12.1. The number of nitrogens with zero attached hydrogens (tertiary/aromatic N) is 1. The summed E-state index contributed by atoms with van der Waals surface area (Å²) in [5.74, 6) is -0.114. The van der Waals surface area contributed by atoms with Crippen molar-refractivity contribution in [2.24, 2.45) is 11.1 Å². The molecule has 20 heavy (non-hydrogen) atoms. The summed E-state index contributed by atoms with van der Waals surface area (Å²) in [6.07, 6.45) is 2.80. The molecule has 0 aromatic carbocycles. The van der Waals surface area contributed by atoms with Crippen molar-refractivity contribution in [3.05, 3.63) is 10.6 Å². The van der Waals surface area contributed by atoms with E-state index in [0.717, 1.165) is 18.5 Å². The molecule has 0 radical (unpaired) electrons. The number of Topliss-reactive ketones (excluding diaryl/α,β-unsaturated/α-hetero) is 1. The predicted molar refractivity (Wildman–Crippen MR) is 80.1 cm³/mol. The Kier molecular flexibility index (Phi) is 4.25. The number of anilines is 1. The Hall–Kier alpha value is -1.27. The normalized spacial score (nSPS) is 18.5. The Morgan fingerprint density at radius 2 is 2.20 bits per heavy atom. The van der Waals surface area contributed by atoms with E-state index in [1.54, 1.807) is 0 Å². The molecule has 0 saturated carbocycles. The van der Waals surface area contributed by atoms with Crippen LogP contribution in [0, 0.1) is 5.41 Å². The van der Waals surface area contributed by atoms with Crippen molar-refractivity contribution >= 4 is 28.2 Å². The molecule has 3 N–H and O–H groups in total. The van der Waals surface area contributed by atoms with Gasteiger partial charge in [0.15, 0.2) is 10.9 Å². The van der Waals surface area contributed by atoms with Gasteiger partial charge < -0.3 is 11.1 Å². The summed E-state index contributed by atoms with van der Waals surface area (Å²) >= 11 is 1.26. The zero-order valence-corrected chi connectivity index (χ0v) is 13.0. The molecule has 1 unspecified atom stereocenters. The van der Waals surface area contributed by atoms with Crippen LogP contribution in [0.1, 0.15) is 55.4 Å². The van der Waals surface area contributed by atoms with Crippen molar-refractivity contribution in [2.45, 2.75) is 52.5 Å². The van der Waals surface area contributed by atoms with Crippen LogP contribution in [-0.2, 0) is 11.2 Å². The summed E-state index contributed by atoms with van der Waals surface area (Å²) in [7, 11) is 0. The summed E-state index contributed by atoms with van der Waals surface area (Å²) in [4.78, 5) is 29.0. The number of rotatable bonds is 4. The topological polar surface area (TPSA) is 85.1 Å². The number of fused-ring (bicyclic) bond motifs is 1. The minimum Gasteiger partial charge on any atom is -0.320 e. The summed E-state index contributed by atoms with van der Waals surface area (Å²) < 4.78 is 0. The van der Waals surface area contributed by atoms with Gasteiger partial charge in [-0.3, -0.25) is 9.59 Å². The van der Waals surface area contributed by atoms with Crippen LogP contribution in [0.4, 0.5) is 5.13 Å². The molecule has 0 bridgehead atoms. The molecule has 0 saturated heterocycles. The van der Waals surface area contributed by atoms with Crippen LogP contribution in [-0.4, -0.2) is 22.7 Å². The van der Waals surface area contributed by atoms with Gasteiger partial charge >= 0.3 is 0 Å². The van der Waals surface area contributed by atoms with Crippen molar-refractivity contribution in [3.8, 4) is 0 Å². The van der Waals surface area contributed by atoms with Crippen LogP contribution < -0.4 is 11.1 Å². The van der Waals surface area contributed by atoms with E-state index in [1.807, 2.05) is 6.92 Å². The Morgan fingerprint density at radius 1 is 1.50 bits per heavy atom. The molecular weight excluding hydrogens is 274 g/mol. The Bertz CT molecular complexity index is 537.